The first kappa shape index (κ1) is 13.8. The van der Waals surface area contributed by atoms with Gasteiger partial charge in [-0.05, 0) is 0 Å². The van der Waals surface area contributed by atoms with E-state index in [0.717, 1.165) is 0 Å². The first-order valence-electron chi connectivity index (χ1n) is 4.05. The highest BCUT2D eigenvalue weighted by Gasteiger charge is 2.25. The van der Waals surface area contributed by atoms with E-state index in [1.165, 1.54) is 6.42 Å². The van der Waals surface area contributed by atoms with Crippen LogP contribution in [0, 0.1) is 34.9 Å². The van der Waals surface area contributed by atoms with Crippen LogP contribution in [-0.2, 0) is 0 Å². The van der Waals surface area contributed by atoms with Gasteiger partial charge in [-0.2, -0.15) is 0 Å². The fraction of sp³-hybridized carbons (Fsp3) is 0.333. The molecule has 0 radical (unpaired) electrons. The largest absolute Gasteiger partial charge is 0.200 e. The van der Waals surface area contributed by atoms with Crippen LogP contribution in [0.1, 0.15) is 20.3 Å². The molecule has 0 heterocycles. The van der Waals surface area contributed by atoms with E-state index >= 15 is 0 Å². The second kappa shape index (κ2) is 5.63. The van der Waals surface area contributed by atoms with Crippen molar-refractivity contribution in [2.75, 3.05) is 0 Å². The van der Waals surface area contributed by atoms with E-state index in [0.29, 0.717) is 0 Å². The Morgan fingerprint density at radius 3 is 0.667 bits per heavy atom. The van der Waals surface area contributed by atoms with Gasteiger partial charge in [-0.25, -0.2) is 26.3 Å². The minimum atomic E-state index is -2.37. The Bertz CT molecular complexity index is 242. The monoisotopic (exact) mass is 230 g/mol. The highest BCUT2D eigenvalue weighted by atomic mass is 19.2. The van der Waals surface area contributed by atoms with Gasteiger partial charge in [0.1, 0.15) is 0 Å². The van der Waals surface area contributed by atoms with Crippen LogP contribution < -0.4 is 0 Å². The molecule has 15 heavy (non-hydrogen) atoms. The molecule has 1 rings (SSSR count). The third-order valence-corrected chi connectivity index (χ3v) is 1.16. The van der Waals surface area contributed by atoms with Crippen LogP contribution in [0.3, 0.4) is 0 Å². The Morgan fingerprint density at radius 2 is 0.600 bits per heavy atom. The Labute approximate surface area is 82.5 Å². The van der Waals surface area contributed by atoms with Gasteiger partial charge in [0.25, 0.3) is 0 Å². The molecule has 0 saturated carbocycles. The molecule has 0 aliphatic rings. The number of hydrogen-bond donors (Lipinski definition) is 0. The second-order valence-corrected chi connectivity index (χ2v) is 2.59. The first-order chi connectivity index (χ1) is 6.88. The van der Waals surface area contributed by atoms with Crippen molar-refractivity contribution in [2.45, 2.75) is 20.3 Å². The van der Waals surface area contributed by atoms with Crippen LogP contribution in [0.4, 0.5) is 26.3 Å². The molecule has 1 aromatic carbocycles. The van der Waals surface area contributed by atoms with Gasteiger partial charge >= 0.3 is 0 Å². The predicted octanol–water partition coefficient (Wildman–Crippen LogP) is 3.94. The van der Waals surface area contributed by atoms with Crippen molar-refractivity contribution in [3.8, 4) is 0 Å². The van der Waals surface area contributed by atoms with E-state index < -0.39 is 34.9 Å². The number of benzene rings is 1. The van der Waals surface area contributed by atoms with E-state index in [-0.39, 0.29) is 0 Å². The summed E-state index contributed by atoms with van der Waals surface area (Å²) in [5.74, 6) is -14.2. The fourth-order valence-electron chi connectivity index (χ4n) is 0.578. The summed E-state index contributed by atoms with van der Waals surface area (Å²) in [4.78, 5) is 0. The summed E-state index contributed by atoms with van der Waals surface area (Å²) in [5.41, 5.74) is 0. The molecule has 0 aliphatic heterocycles. The van der Waals surface area contributed by atoms with Crippen molar-refractivity contribution in [2.24, 2.45) is 0 Å². The van der Waals surface area contributed by atoms with Crippen LogP contribution in [-0.4, -0.2) is 0 Å². The lowest BCUT2D eigenvalue weighted by Gasteiger charge is -1.99. The smallest absolute Gasteiger partial charge is 0.200 e. The van der Waals surface area contributed by atoms with Crippen LogP contribution in [0.2, 0.25) is 0 Å². The topological polar surface area (TPSA) is 0 Å². The molecule has 0 atom stereocenters. The summed E-state index contributed by atoms with van der Waals surface area (Å²) >= 11 is 0. The predicted molar refractivity (Wildman–Crippen MR) is 42.2 cm³/mol. The molecule has 0 saturated heterocycles. The maximum atomic E-state index is 12.0. The molecule has 1 aromatic rings. The van der Waals surface area contributed by atoms with Crippen molar-refractivity contribution in [3.05, 3.63) is 34.9 Å². The van der Waals surface area contributed by atoms with Gasteiger partial charge in [0.15, 0.2) is 0 Å². The van der Waals surface area contributed by atoms with Crippen molar-refractivity contribution in [1.29, 1.82) is 0 Å². The van der Waals surface area contributed by atoms with Crippen LogP contribution in [0.15, 0.2) is 0 Å². The van der Waals surface area contributed by atoms with E-state index in [1.54, 1.807) is 0 Å². The van der Waals surface area contributed by atoms with E-state index in [1.807, 2.05) is 0 Å². The second-order valence-electron chi connectivity index (χ2n) is 2.59. The summed E-state index contributed by atoms with van der Waals surface area (Å²) in [6.45, 7) is 4.25. The highest BCUT2D eigenvalue weighted by molar-refractivity contribution is 5.14. The summed E-state index contributed by atoms with van der Waals surface area (Å²) in [6, 6.07) is 0. The van der Waals surface area contributed by atoms with Gasteiger partial charge < -0.3 is 0 Å². The molecule has 0 aromatic heterocycles. The van der Waals surface area contributed by atoms with Crippen LogP contribution >= 0.6 is 0 Å². The first-order valence-corrected chi connectivity index (χ1v) is 4.05. The Morgan fingerprint density at radius 1 is 0.533 bits per heavy atom. The fourth-order valence-corrected chi connectivity index (χ4v) is 0.578. The lowest BCUT2D eigenvalue weighted by molar-refractivity contribution is 0.334. The Hall–Kier alpha value is -1.20. The molecule has 0 amide bonds. The third-order valence-electron chi connectivity index (χ3n) is 1.16. The standard InChI is InChI=1S/C6F6.C3H8/c7-1-2(8)4(10)6(12)5(11)3(1)9;1-3-2/h;3H2,1-2H3. The lowest BCUT2D eigenvalue weighted by Crippen LogP contribution is -2.04. The zero-order valence-corrected chi connectivity index (χ0v) is 7.97. The minimum Gasteiger partial charge on any atom is -0.200 e. The highest BCUT2D eigenvalue weighted by Crippen LogP contribution is 2.20. The van der Waals surface area contributed by atoms with E-state index in [4.69, 9.17) is 0 Å². The molecular formula is C9H8F6. The van der Waals surface area contributed by atoms with Gasteiger partial charge in [-0.1, -0.05) is 20.3 Å². The molecule has 0 fully saturated rings. The van der Waals surface area contributed by atoms with E-state index in [9.17, 15) is 26.3 Å². The molecule has 0 nitrogen and oxygen atoms in total. The molecule has 86 valence electrons. The molecule has 0 aliphatic carbocycles. The van der Waals surface area contributed by atoms with Crippen molar-refractivity contribution in [1.82, 2.24) is 0 Å². The van der Waals surface area contributed by atoms with Gasteiger partial charge in [0.2, 0.25) is 34.9 Å². The summed E-state index contributed by atoms with van der Waals surface area (Å²) in [7, 11) is 0. The molecule has 0 spiro atoms. The van der Waals surface area contributed by atoms with Crippen molar-refractivity contribution < 1.29 is 26.3 Å². The number of halogens is 6. The SMILES string of the molecule is CCC.Fc1c(F)c(F)c(F)c(F)c1F. The maximum Gasteiger partial charge on any atom is 0.200 e. The normalized spacial score (nSPS) is 9.60. The summed E-state index contributed by atoms with van der Waals surface area (Å²) in [6.07, 6.45) is 1.25. The average molecular weight is 230 g/mol. The van der Waals surface area contributed by atoms with E-state index in [2.05, 4.69) is 13.8 Å². The average Bonchev–Trinajstić information content (AvgIpc) is 2.22. The third kappa shape index (κ3) is 2.87. The molecular weight excluding hydrogens is 222 g/mol. The molecule has 0 unspecified atom stereocenters. The van der Waals surface area contributed by atoms with Gasteiger partial charge in [-0.3, -0.25) is 0 Å². The summed E-state index contributed by atoms with van der Waals surface area (Å²) in [5, 5.41) is 0. The Kier molecular flexibility index (Phi) is 5.18. The quantitative estimate of drug-likeness (QED) is 0.360. The summed E-state index contributed by atoms with van der Waals surface area (Å²) < 4.78 is 72.2. The Balaban J connectivity index is 0.000000583. The maximum absolute atomic E-state index is 12.0. The zero-order chi connectivity index (χ0) is 12.2. The molecule has 6 heteroatoms. The zero-order valence-electron chi connectivity index (χ0n) is 7.97. The van der Waals surface area contributed by atoms with Crippen molar-refractivity contribution >= 4 is 0 Å². The van der Waals surface area contributed by atoms with Gasteiger partial charge in [-0.15, -0.1) is 0 Å². The number of rotatable bonds is 0. The van der Waals surface area contributed by atoms with Crippen LogP contribution in [0.5, 0.6) is 0 Å². The number of hydrogen-bond acceptors (Lipinski definition) is 0. The van der Waals surface area contributed by atoms with Gasteiger partial charge in [0.05, 0.1) is 0 Å². The minimum absolute atomic E-state index is 1.25. The molecule has 0 N–H and O–H groups in total. The van der Waals surface area contributed by atoms with Gasteiger partial charge in [0, 0.05) is 0 Å². The van der Waals surface area contributed by atoms with Crippen molar-refractivity contribution in [3.63, 3.8) is 0 Å². The van der Waals surface area contributed by atoms with Crippen LogP contribution in [0.25, 0.3) is 0 Å². The lowest BCUT2D eigenvalue weighted by atomic mass is 10.3. The molecule has 0 bridgehead atoms.